The second kappa shape index (κ2) is 6.93. The second-order valence-electron chi connectivity index (χ2n) is 7.10. The van der Waals surface area contributed by atoms with Crippen LogP contribution in [0, 0.1) is 0 Å². The van der Waals surface area contributed by atoms with Crippen molar-refractivity contribution in [3.63, 3.8) is 0 Å². The van der Waals surface area contributed by atoms with Crippen molar-refractivity contribution in [2.75, 3.05) is 18.8 Å². The highest BCUT2D eigenvalue weighted by Crippen LogP contribution is 2.34. The van der Waals surface area contributed by atoms with Crippen LogP contribution in [0.4, 0.5) is 0 Å². The Morgan fingerprint density at radius 2 is 2.11 bits per heavy atom. The molecule has 1 saturated heterocycles. The lowest BCUT2D eigenvalue weighted by Crippen LogP contribution is -2.32. The fraction of sp³-hybridized carbons (Fsp3) is 0.368. The summed E-state index contributed by atoms with van der Waals surface area (Å²) in [5.41, 5.74) is 1.12. The van der Waals surface area contributed by atoms with E-state index in [2.05, 4.69) is 5.10 Å². The lowest BCUT2D eigenvalue weighted by molar-refractivity contribution is -0.130. The Balaban J connectivity index is 1.53. The maximum Gasteiger partial charge on any atom is 0.265 e. The molecule has 7 nitrogen and oxygen atoms in total. The first-order valence-electron chi connectivity index (χ1n) is 9.28. The van der Waals surface area contributed by atoms with Crippen LogP contribution in [0.3, 0.4) is 0 Å². The van der Waals surface area contributed by atoms with Gasteiger partial charge in [0.1, 0.15) is 5.39 Å². The highest BCUT2D eigenvalue weighted by atomic mass is 35.5. The molecule has 28 heavy (non-hydrogen) atoms. The predicted molar refractivity (Wildman–Crippen MR) is 108 cm³/mol. The van der Waals surface area contributed by atoms with Crippen molar-refractivity contribution >= 4 is 40.3 Å². The van der Waals surface area contributed by atoms with Gasteiger partial charge in [0.2, 0.25) is 5.91 Å². The molecule has 3 aromatic rings. The first-order valence-corrected chi connectivity index (χ1v) is 10.6. The largest absolute Gasteiger partial charge is 0.343 e. The second-order valence-corrected chi connectivity index (χ2v) is 8.52. The van der Waals surface area contributed by atoms with Crippen LogP contribution in [-0.2, 0) is 4.79 Å². The molecule has 0 bridgehead atoms. The fourth-order valence-corrected chi connectivity index (χ4v) is 5.19. The third-order valence-electron chi connectivity index (χ3n) is 5.29. The van der Waals surface area contributed by atoms with Crippen molar-refractivity contribution in [3.8, 4) is 5.69 Å². The molecule has 1 atom stereocenters. The van der Waals surface area contributed by atoms with E-state index in [4.69, 9.17) is 16.6 Å². The van der Waals surface area contributed by atoms with Gasteiger partial charge in [-0.2, -0.15) is 5.10 Å². The quantitative estimate of drug-likeness (QED) is 0.615. The zero-order valence-electron chi connectivity index (χ0n) is 15.0. The summed E-state index contributed by atoms with van der Waals surface area (Å²) in [7, 11) is 0. The lowest BCUT2D eigenvalue weighted by Gasteiger charge is -2.19. The van der Waals surface area contributed by atoms with Gasteiger partial charge in [-0.3, -0.25) is 14.2 Å². The van der Waals surface area contributed by atoms with Gasteiger partial charge in [0.05, 0.1) is 17.9 Å². The van der Waals surface area contributed by atoms with Crippen LogP contribution in [0.1, 0.15) is 25.3 Å². The normalized spacial score (nSPS) is 18.8. The Morgan fingerprint density at radius 1 is 1.29 bits per heavy atom. The smallest absolute Gasteiger partial charge is 0.265 e. The number of halogens is 1. The van der Waals surface area contributed by atoms with Crippen LogP contribution in [-0.4, -0.2) is 49.0 Å². The molecule has 1 aromatic carbocycles. The molecule has 1 amide bonds. The molecule has 2 aliphatic rings. The molecule has 4 heterocycles. The first kappa shape index (κ1) is 17.8. The van der Waals surface area contributed by atoms with E-state index in [1.165, 1.54) is 11.8 Å². The van der Waals surface area contributed by atoms with Crippen LogP contribution in [0.5, 0.6) is 0 Å². The van der Waals surface area contributed by atoms with Crippen LogP contribution in [0.15, 0.2) is 40.4 Å². The average Bonchev–Trinajstić information content (AvgIpc) is 3.42. The number of rotatable bonds is 3. The van der Waals surface area contributed by atoms with Crippen LogP contribution in [0.2, 0.25) is 5.02 Å². The molecule has 0 unspecified atom stereocenters. The Kier molecular flexibility index (Phi) is 4.40. The molecule has 0 N–H and O–H groups in total. The molecule has 144 valence electrons. The summed E-state index contributed by atoms with van der Waals surface area (Å²) in [5.74, 6) is 0.802. The molecule has 0 saturated carbocycles. The van der Waals surface area contributed by atoms with Gasteiger partial charge in [0.25, 0.3) is 5.56 Å². The molecule has 0 radical (unpaired) electrons. The summed E-state index contributed by atoms with van der Waals surface area (Å²) in [6, 6.07) is 7.11. The molecule has 1 fully saturated rings. The zero-order chi connectivity index (χ0) is 19.3. The van der Waals surface area contributed by atoms with Gasteiger partial charge in [-0.05, 0) is 31.0 Å². The van der Waals surface area contributed by atoms with Crippen molar-refractivity contribution in [1.82, 2.24) is 24.2 Å². The van der Waals surface area contributed by atoms with Gasteiger partial charge in [-0.1, -0.05) is 29.4 Å². The number of carbonyl (C=O) groups is 1. The highest BCUT2D eigenvalue weighted by Gasteiger charge is 2.31. The van der Waals surface area contributed by atoms with E-state index < -0.39 is 0 Å². The predicted octanol–water partition coefficient (Wildman–Crippen LogP) is 2.89. The minimum Gasteiger partial charge on any atom is -0.343 e. The van der Waals surface area contributed by atoms with Crippen LogP contribution < -0.4 is 5.56 Å². The lowest BCUT2D eigenvalue weighted by atomic mass is 10.2. The Hall–Kier alpha value is -2.32. The van der Waals surface area contributed by atoms with E-state index in [0.29, 0.717) is 33.4 Å². The minimum atomic E-state index is -0.160. The number of carbonyl (C=O) groups excluding carboxylic acids is 1. The summed E-state index contributed by atoms with van der Waals surface area (Å²) in [6.07, 6.45) is 4.01. The van der Waals surface area contributed by atoms with Crippen LogP contribution >= 0.6 is 23.4 Å². The van der Waals surface area contributed by atoms with Crippen molar-refractivity contribution in [1.29, 1.82) is 0 Å². The Bertz CT molecular complexity index is 1140. The summed E-state index contributed by atoms with van der Waals surface area (Å²) in [4.78, 5) is 32.3. The van der Waals surface area contributed by atoms with Crippen molar-refractivity contribution < 1.29 is 4.79 Å². The van der Waals surface area contributed by atoms with E-state index in [1.807, 2.05) is 17.0 Å². The van der Waals surface area contributed by atoms with Gasteiger partial charge < -0.3 is 4.90 Å². The Morgan fingerprint density at radius 3 is 2.89 bits per heavy atom. The molecule has 0 aliphatic carbocycles. The molecular weight excluding hydrogens is 398 g/mol. The van der Waals surface area contributed by atoms with E-state index >= 15 is 0 Å². The Labute approximate surface area is 170 Å². The van der Waals surface area contributed by atoms with Gasteiger partial charge in [-0.15, -0.1) is 0 Å². The number of amides is 1. The van der Waals surface area contributed by atoms with E-state index in [0.717, 1.165) is 31.6 Å². The number of thioether (sulfide) groups is 1. The number of nitrogens with zero attached hydrogens (tertiary/aromatic N) is 5. The molecule has 5 rings (SSSR count). The molecular formula is C19H18ClN5O2S. The third kappa shape index (κ3) is 2.91. The number of hydrogen-bond acceptors (Lipinski definition) is 5. The first-order chi connectivity index (χ1) is 13.6. The maximum absolute atomic E-state index is 13.2. The molecule has 0 spiro atoms. The monoisotopic (exact) mass is 415 g/mol. The summed E-state index contributed by atoms with van der Waals surface area (Å²) < 4.78 is 3.30. The van der Waals surface area contributed by atoms with E-state index in [-0.39, 0.29) is 17.5 Å². The van der Waals surface area contributed by atoms with Gasteiger partial charge >= 0.3 is 0 Å². The fourth-order valence-electron chi connectivity index (χ4n) is 3.87. The minimum absolute atomic E-state index is 0.123. The van der Waals surface area contributed by atoms with Crippen LogP contribution in [0.25, 0.3) is 16.7 Å². The third-order valence-corrected chi connectivity index (χ3v) is 6.63. The van der Waals surface area contributed by atoms with E-state index in [1.54, 1.807) is 27.6 Å². The summed E-state index contributed by atoms with van der Waals surface area (Å²) >= 11 is 7.61. The topological polar surface area (TPSA) is 73.0 Å². The molecule has 2 aromatic heterocycles. The van der Waals surface area contributed by atoms with Gasteiger partial charge in [0.15, 0.2) is 10.8 Å². The van der Waals surface area contributed by atoms with Crippen molar-refractivity contribution in [2.45, 2.75) is 30.5 Å². The van der Waals surface area contributed by atoms with Gasteiger partial charge in [0, 0.05) is 30.3 Å². The van der Waals surface area contributed by atoms with Gasteiger partial charge in [-0.25, -0.2) is 9.67 Å². The number of hydrogen-bond donors (Lipinski definition) is 0. The number of benzene rings is 1. The van der Waals surface area contributed by atoms with E-state index in [9.17, 15) is 9.59 Å². The van der Waals surface area contributed by atoms with Crippen molar-refractivity contribution in [2.24, 2.45) is 0 Å². The number of likely N-dealkylation sites (tertiary alicyclic amines) is 1. The van der Waals surface area contributed by atoms with Crippen molar-refractivity contribution in [3.05, 3.63) is 45.8 Å². The molecule has 2 aliphatic heterocycles. The number of fused-ring (bicyclic) bond motifs is 2. The summed E-state index contributed by atoms with van der Waals surface area (Å²) in [5, 5.41) is 6.03. The highest BCUT2D eigenvalue weighted by molar-refractivity contribution is 7.99. The summed E-state index contributed by atoms with van der Waals surface area (Å²) in [6.45, 7) is 1.65. The maximum atomic E-state index is 13.2. The number of aromatic nitrogens is 4. The molecule has 9 heteroatoms. The standard InChI is InChI=1S/C19H18ClN5O2S/c20-12-4-3-5-13(8-12)25-17-15(10-21-25)18(27)24-14(11-28-19(24)22-17)9-16(26)23-6-1-2-7-23/h3-5,8,10,14H,1-2,6-7,9,11H2/t14-/m0/s1. The average molecular weight is 416 g/mol. The zero-order valence-corrected chi connectivity index (χ0v) is 16.6. The SMILES string of the molecule is O=C(C[C@H]1CSc2nc3c(cnn3-c3cccc(Cl)c3)c(=O)n21)N1CCCC1.